The number of hydrogen-bond donors (Lipinski definition) is 0. The highest BCUT2D eigenvalue weighted by molar-refractivity contribution is 6.08. The second-order valence-corrected chi connectivity index (χ2v) is 8.67. The number of anilines is 1. The smallest absolute Gasteiger partial charge is 0.0491 e. The maximum Gasteiger partial charge on any atom is 0.0491 e. The molecule has 3 nitrogen and oxygen atoms in total. The summed E-state index contributed by atoms with van der Waals surface area (Å²) in [7, 11) is 0. The van der Waals surface area contributed by atoms with Gasteiger partial charge in [0.25, 0.3) is 0 Å². The molecule has 1 aromatic heterocycles. The van der Waals surface area contributed by atoms with Crippen LogP contribution in [0.4, 0.5) is 5.69 Å². The van der Waals surface area contributed by atoms with Crippen molar-refractivity contribution in [3.05, 3.63) is 77.4 Å². The predicted octanol–water partition coefficient (Wildman–Crippen LogP) is 5.75. The zero-order valence-electron chi connectivity index (χ0n) is 18.4. The largest absolute Gasteiger partial charge is 0.369 e. The Hall–Kier alpha value is -2.78. The molecule has 1 aliphatic rings. The molecule has 0 amide bonds. The maximum absolute atomic E-state index is 2.60. The molecule has 0 bridgehead atoms. The fourth-order valence-corrected chi connectivity index (χ4v) is 5.01. The van der Waals surface area contributed by atoms with Gasteiger partial charge in [0.05, 0.1) is 0 Å². The van der Waals surface area contributed by atoms with Crippen LogP contribution in [0.3, 0.4) is 0 Å². The number of rotatable bonds is 4. The molecule has 0 atom stereocenters. The number of para-hydroxylation sites is 1. The van der Waals surface area contributed by atoms with E-state index in [-0.39, 0.29) is 0 Å². The number of nitrogens with zero attached hydrogens (tertiary/aromatic N) is 3. The molecule has 154 valence electrons. The summed E-state index contributed by atoms with van der Waals surface area (Å²) in [6.07, 6.45) is 0. The monoisotopic (exact) mass is 397 g/mol. The summed E-state index contributed by atoms with van der Waals surface area (Å²) in [5, 5.41) is 2.76. The van der Waals surface area contributed by atoms with Gasteiger partial charge in [-0.2, -0.15) is 0 Å². The van der Waals surface area contributed by atoms with Gasteiger partial charge in [0.15, 0.2) is 0 Å². The van der Waals surface area contributed by atoms with Crippen LogP contribution in [-0.2, 0) is 13.1 Å². The molecule has 0 N–H and O–H groups in total. The quantitative estimate of drug-likeness (QED) is 0.434. The number of benzene rings is 3. The molecule has 0 unspecified atom stereocenters. The molecule has 1 aliphatic heterocycles. The Morgan fingerprint density at radius 2 is 1.53 bits per heavy atom. The standard InChI is InChI=1S/C27H31N3/c1-4-30-25-8-6-5-7-23(25)24-18-22(11-12-26(24)30)19-28-13-15-29(16-14-28)27-17-20(2)9-10-21(27)3/h5-12,17-18H,4,13-16,19H2,1-3H3. The van der Waals surface area contributed by atoms with Gasteiger partial charge in [0.1, 0.15) is 0 Å². The van der Waals surface area contributed by atoms with Crippen LogP contribution in [0.1, 0.15) is 23.6 Å². The molecule has 0 radical (unpaired) electrons. The third-order valence-electron chi connectivity index (χ3n) is 6.64. The summed E-state index contributed by atoms with van der Waals surface area (Å²) < 4.78 is 2.43. The van der Waals surface area contributed by atoms with E-state index in [1.54, 1.807) is 0 Å². The van der Waals surface area contributed by atoms with Gasteiger partial charge in [-0.1, -0.05) is 36.4 Å². The van der Waals surface area contributed by atoms with Crippen LogP contribution in [0, 0.1) is 13.8 Å². The highest BCUT2D eigenvalue weighted by Gasteiger charge is 2.19. The number of hydrogen-bond acceptors (Lipinski definition) is 2. The third kappa shape index (κ3) is 3.37. The molecular formula is C27H31N3. The lowest BCUT2D eigenvalue weighted by Gasteiger charge is -2.37. The molecule has 0 saturated carbocycles. The van der Waals surface area contributed by atoms with E-state index in [2.05, 4.69) is 95.8 Å². The van der Waals surface area contributed by atoms with E-state index in [9.17, 15) is 0 Å². The van der Waals surface area contributed by atoms with E-state index in [1.807, 2.05) is 0 Å². The van der Waals surface area contributed by atoms with Gasteiger partial charge in [0, 0.05) is 66.8 Å². The molecule has 3 aromatic carbocycles. The molecule has 2 heterocycles. The Labute approximate surface area is 179 Å². The Morgan fingerprint density at radius 1 is 0.767 bits per heavy atom. The average Bonchev–Trinajstić information content (AvgIpc) is 3.09. The highest BCUT2D eigenvalue weighted by Crippen LogP contribution is 2.30. The lowest BCUT2D eigenvalue weighted by Crippen LogP contribution is -2.46. The number of piperazine rings is 1. The summed E-state index contributed by atoms with van der Waals surface area (Å²) in [6.45, 7) is 13.1. The van der Waals surface area contributed by atoms with Gasteiger partial charge in [-0.15, -0.1) is 0 Å². The van der Waals surface area contributed by atoms with Crippen molar-refractivity contribution in [2.75, 3.05) is 31.1 Å². The van der Waals surface area contributed by atoms with Crippen molar-refractivity contribution in [3.63, 3.8) is 0 Å². The van der Waals surface area contributed by atoms with Crippen molar-refractivity contribution in [2.45, 2.75) is 33.9 Å². The van der Waals surface area contributed by atoms with E-state index >= 15 is 0 Å². The van der Waals surface area contributed by atoms with Gasteiger partial charge < -0.3 is 9.47 Å². The fourth-order valence-electron chi connectivity index (χ4n) is 5.01. The van der Waals surface area contributed by atoms with E-state index in [1.165, 1.54) is 44.2 Å². The Bertz CT molecular complexity index is 1200. The van der Waals surface area contributed by atoms with Gasteiger partial charge in [-0.05, 0) is 61.7 Å². The van der Waals surface area contributed by atoms with E-state index in [0.29, 0.717) is 0 Å². The lowest BCUT2D eigenvalue weighted by atomic mass is 10.1. The summed E-state index contributed by atoms with van der Waals surface area (Å²) in [5.41, 5.74) is 8.24. The summed E-state index contributed by atoms with van der Waals surface area (Å²) >= 11 is 0. The van der Waals surface area contributed by atoms with Crippen molar-refractivity contribution in [1.29, 1.82) is 0 Å². The normalized spacial score (nSPS) is 15.4. The van der Waals surface area contributed by atoms with Crippen molar-refractivity contribution in [1.82, 2.24) is 9.47 Å². The number of fused-ring (bicyclic) bond motifs is 3. The minimum atomic E-state index is 1.00. The van der Waals surface area contributed by atoms with Crippen LogP contribution in [0.15, 0.2) is 60.7 Å². The first-order valence-corrected chi connectivity index (χ1v) is 11.2. The van der Waals surface area contributed by atoms with Crippen molar-refractivity contribution >= 4 is 27.5 Å². The van der Waals surface area contributed by atoms with Gasteiger partial charge in [-0.3, -0.25) is 4.90 Å². The first-order chi connectivity index (χ1) is 14.6. The van der Waals surface area contributed by atoms with E-state index < -0.39 is 0 Å². The van der Waals surface area contributed by atoms with Crippen molar-refractivity contribution in [3.8, 4) is 0 Å². The molecule has 1 saturated heterocycles. The van der Waals surface area contributed by atoms with Gasteiger partial charge in [-0.25, -0.2) is 0 Å². The zero-order chi connectivity index (χ0) is 20.7. The number of aromatic nitrogens is 1. The molecule has 1 fully saturated rings. The van der Waals surface area contributed by atoms with E-state index in [0.717, 1.165) is 39.3 Å². The highest BCUT2D eigenvalue weighted by atomic mass is 15.3. The molecule has 4 aromatic rings. The van der Waals surface area contributed by atoms with Crippen LogP contribution >= 0.6 is 0 Å². The molecule has 0 spiro atoms. The lowest BCUT2D eigenvalue weighted by molar-refractivity contribution is 0.250. The van der Waals surface area contributed by atoms with Crippen LogP contribution in [0.25, 0.3) is 21.8 Å². The summed E-state index contributed by atoms with van der Waals surface area (Å²) in [6, 6.07) is 22.7. The molecule has 0 aliphatic carbocycles. The minimum Gasteiger partial charge on any atom is -0.369 e. The molecular weight excluding hydrogens is 366 g/mol. The Morgan fingerprint density at radius 3 is 2.33 bits per heavy atom. The Kier molecular flexibility index (Phi) is 5.00. The van der Waals surface area contributed by atoms with Crippen molar-refractivity contribution < 1.29 is 0 Å². The molecule has 30 heavy (non-hydrogen) atoms. The van der Waals surface area contributed by atoms with Crippen LogP contribution in [0.5, 0.6) is 0 Å². The second-order valence-electron chi connectivity index (χ2n) is 8.67. The van der Waals surface area contributed by atoms with Crippen LogP contribution in [0.2, 0.25) is 0 Å². The third-order valence-corrected chi connectivity index (χ3v) is 6.64. The summed E-state index contributed by atoms with van der Waals surface area (Å²) in [5.74, 6) is 0. The van der Waals surface area contributed by atoms with Gasteiger partial charge in [0.2, 0.25) is 0 Å². The fraction of sp³-hybridized carbons (Fsp3) is 0.333. The van der Waals surface area contributed by atoms with Crippen LogP contribution in [-0.4, -0.2) is 35.6 Å². The molecule has 3 heteroatoms. The SMILES string of the molecule is CCn1c2ccccc2c2cc(CN3CCN(c4cc(C)ccc4C)CC3)ccc21. The van der Waals surface area contributed by atoms with Crippen LogP contribution < -0.4 is 4.90 Å². The van der Waals surface area contributed by atoms with Crippen molar-refractivity contribution in [2.24, 2.45) is 0 Å². The predicted molar refractivity (Wildman–Crippen MR) is 129 cm³/mol. The number of aryl methyl sites for hydroxylation is 3. The first-order valence-electron chi connectivity index (χ1n) is 11.2. The second kappa shape index (κ2) is 7.81. The average molecular weight is 398 g/mol. The summed E-state index contributed by atoms with van der Waals surface area (Å²) in [4.78, 5) is 5.15. The van der Waals surface area contributed by atoms with Gasteiger partial charge >= 0.3 is 0 Å². The topological polar surface area (TPSA) is 11.4 Å². The minimum absolute atomic E-state index is 1.00. The zero-order valence-corrected chi connectivity index (χ0v) is 18.4. The Balaban J connectivity index is 1.34. The molecule has 5 rings (SSSR count). The van der Waals surface area contributed by atoms with E-state index in [4.69, 9.17) is 0 Å². The first kappa shape index (κ1) is 19.2. The maximum atomic E-state index is 2.60.